The van der Waals surface area contributed by atoms with Gasteiger partial charge in [0.1, 0.15) is 24.5 Å². The smallest absolute Gasteiger partial charge is 0.248 e. The van der Waals surface area contributed by atoms with Crippen LogP contribution in [-0.4, -0.2) is 166 Å². The maximum absolute atomic E-state index is 14.6. The summed E-state index contributed by atoms with van der Waals surface area (Å²) in [4.78, 5) is 95.7. The van der Waals surface area contributed by atoms with Gasteiger partial charge < -0.3 is 44.3 Å². The van der Waals surface area contributed by atoms with Crippen molar-refractivity contribution in [3.63, 3.8) is 0 Å². The number of likely N-dealkylation sites (N-methyl/N-ethyl adjacent to an activating group) is 2. The van der Waals surface area contributed by atoms with Crippen LogP contribution in [0.5, 0.6) is 0 Å². The summed E-state index contributed by atoms with van der Waals surface area (Å²) >= 11 is 1.55. The van der Waals surface area contributed by atoms with Gasteiger partial charge in [-0.1, -0.05) is 85.2 Å². The highest BCUT2D eigenvalue weighted by Crippen LogP contribution is 2.33. The van der Waals surface area contributed by atoms with Crippen molar-refractivity contribution in [2.45, 2.75) is 136 Å². The first kappa shape index (κ1) is 59.9. The number of nitrogens with two attached hydrogens (primary N) is 1. The lowest BCUT2D eigenvalue weighted by Gasteiger charge is -2.41. The van der Waals surface area contributed by atoms with Gasteiger partial charge in [0.2, 0.25) is 29.5 Å². The molecule has 3 rings (SSSR count). The van der Waals surface area contributed by atoms with E-state index in [0.29, 0.717) is 32.2 Å². The van der Waals surface area contributed by atoms with Gasteiger partial charge in [-0.3, -0.25) is 33.6 Å². The number of benzene rings is 1. The van der Waals surface area contributed by atoms with E-state index in [9.17, 15) is 28.8 Å². The molecule has 4 N–H and O–H groups in total. The maximum Gasteiger partial charge on any atom is 0.248 e. The third-order valence-corrected chi connectivity index (χ3v) is 14.4. The van der Waals surface area contributed by atoms with E-state index < -0.39 is 42.2 Å². The maximum atomic E-state index is 14.6. The van der Waals surface area contributed by atoms with Gasteiger partial charge in [-0.05, 0) is 42.6 Å². The van der Waals surface area contributed by atoms with Gasteiger partial charge in [0.25, 0.3) is 0 Å². The standard InChI is InChI=1S/C51H83N7O11S/c1-12-35(6)47(57(9)51(64)45(33(2)3)55-49(63)46(34(4)5)56(8)43(61)20-24-67-26-27-68-25-21-53-42(60)32-69-52)41(65-10)31-44(62)58-23-16-19-39(58)48(66-11)36(7)40(59)30-38(50-54-22-28-70-50)29-37-17-14-13-15-18-37/h13-15,17-18,22,28,33-36,38-39,41,45-48H,12,16,19-21,23-27,29-32,52H2,1-11H3,(H,53,60)(H,55,63)/t35-,36-,38+,39-,41+,45-,46-,47-,48+/m0/s1. The number of carbonyl (C=O) groups excluding carboxylic acids is 6. The first-order valence-electron chi connectivity index (χ1n) is 24.8. The summed E-state index contributed by atoms with van der Waals surface area (Å²) in [6.45, 7) is 14.7. The number of ether oxygens (including phenoxy) is 4. The Morgan fingerprint density at radius 2 is 1.59 bits per heavy atom. The Morgan fingerprint density at radius 3 is 2.17 bits per heavy atom. The number of thiazole rings is 1. The average molecular weight is 1000 g/mol. The molecular weight excluding hydrogens is 919 g/mol. The molecule has 1 aliphatic rings. The van der Waals surface area contributed by atoms with Crippen molar-refractivity contribution in [3.05, 3.63) is 52.5 Å². The third kappa shape index (κ3) is 18.0. The first-order chi connectivity index (χ1) is 33.4. The molecule has 70 heavy (non-hydrogen) atoms. The van der Waals surface area contributed by atoms with Crippen LogP contribution < -0.4 is 16.5 Å². The fourth-order valence-corrected chi connectivity index (χ4v) is 10.2. The Bertz CT molecular complexity index is 1890. The number of nitrogens with one attached hydrogen (secondary N) is 2. The van der Waals surface area contributed by atoms with E-state index in [1.165, 1.54) is 4.90 Å². The van der Waals surface area contributed by atoms with Crippen molar-refractivity contribution in [2.24, 2.45) is 29.6 Å². The molecule has 9 atom stereocenters. The monoisotopic (exact) mass is 1000 g/mol. The van der Waals surface area contributed by atoms with Crippen molar-refractivity contribution in [2.75, 3.05) is 74.4 Å². The SMILES string of the molecule is CC[C@H](C)[C@@H]([C@@H](CC(=O)N1CCC[C@H]1[C@H](OC)[C@@H](C)C(=O)C[C@@H](Cc1ccccc1)c1nccs1)OC)N(C)C(=O)[C@@H](NC(=O)[C@H](C(C)C)N(C)C(=O)CCOCCOCCNC(=O)CON)C(C)C. The Balaban J connectivity index is 1.68. The molecule has 1 aliphatic heterocycles. The van der Waals surface area contributed by atoms with E-state index in [1.807, 2.05) is 76.9 Å². The number of carbonyl (C=O) groups is 6. The summed E-state index contributed by atoms with van der Waals surface area (Å²) in [5.41, 5.74) is 1.13. The van der Waals surface area contributed by atoms with Crippen molar-refractivity contribution >= 4 is 46.7 Å². The lowest BCUT2D eigenvalue weighted by Crippen LogP contribution is -2.60. The Morgan fingerprint density at radius 1 is 0.900 bits per heavy atom. The summed E-state index contributed by atoms with van der Waals surface area (Å²) in [7, 11) is 6.41. The minimum absolute atomic E-state index is 0.00911. The summed E-state index contributed by atoms with van der Waals surface area (Å²) in [5.74, 6) is 2.05. The zero-order valence-electron chi connectivity index (χ0n) is 43.6. The lowest BCUT2D eigenvalue weighted by atomic mass is 9.85. The molecule has 0 radical (unpaired) electrons. The Labute approximate surface area is 420 Å². The molecule has 1 aromatic heterocycles. The molecule has 0 unspecified atom stereocenters. The molecule has 5 amide bonds. The van der Waals surface area contributed by atoms with E-state index in [4.69, 9.17) is 24.8 Å². The summed E-state index contributed by atoms with van der Waals surface area (Å²) in [6.07, 6.45) is 3.67. The van der Waals surface area contributed by atoms with Gasteiger partial charge in [0.05, 0.1) is 68.6 Å². The van der Waals surface area contributed by atoms with Crippen LogP contribution >= 0.6 is 11.3 Å². The van der Waals surface area contributed by atoms with Gasteiger partial charge in [0, 0.05) is 71.2 Å². The van der Waals surface area contributed by atoms with Crippen LogP contribution in [0.4, 0.5) is 0 Å². The van der Waals surface area contributed by atoms with E-state index >= 15 is 0 Å². The number of rotatable bonds is 33. The number of ketones is 1. The lowest BCUT2D eigenvalue weighted by molar-refractivity contribution is -0.148. The first-order valence-corrected chi connectivity index (χ1v) is 25.7. The Kier molecular flexibility index (Phi) is 26.7. The number of hydrogen-bond donors (Lipinski definition) is 3. The molecule has 19 heteroatoms. The third-order valence-electron chi connectivity index (χ3n) is 13.5. The van der Waals surface area contributed by atoms with Crippen molar-refractivity contribution in [1.82, 2.24) is 30.3 Å². The predicted molar refractivity (Wildman–Crippen MR) is 268 cm³/mol. The predicted octanol–water partition coefficient (Wildman–Crippen LogP) is 4.40. The average Bonchev–Trinajstić information content (AvgIpc) is 4.06. The summed E-state index contributed by atoms with van der Waals surface area (Å²) in [5, 5.41) is 8.42. The van der Waals surface area contributed by atoms with Crippen LogP contribution in [0.2, 0.25) is 0 Å². The number of amides is 5. The van der Waals surface area contributed by atoms with Crippen molar-refractivity contribution in [3.8, 4) is 0 Å². The molecule has 2 aromatic rings. The zero-order valence-corrected chi connectivity index (χ0v) is 44.4. The van der Waals surface area contributed by atoms with E-state index in [-0.39, 0.29) is 112 Å². The molecule has 0 spiro atoms. The summed E-state index contributed by atoms with van der Waals surface area (Å²) < 4.78 is 23.2. The number of nitrogens with zero attached hydrogens (tertiary/aromatic N) is 4. The number of Topliss-reactive ketones (excluding diaryl/α,β-unsaturated/α-hetero) is 1. The fourth-order valence-electron chi connectivity index (χ4n) is 9.45. The molecule has 1 aromatic carbocycles. The summed E-state index contributed by atoms with van der Waals surface area (Å²) in [6, 6.07) is 7.41. The highest BCUT2D eigenvalue weighted by atomic mass is 32.1. The van der Waals surface area contributed by atoms with E-state index in [1.54, 1.807) is 50.7 Å². The van der Waals surface area contributed by atoms with Gasteiger partial charge in [-0.2, -0.15) is 0 Å². The van der Waals surface area contributed by atoms with Gasteiger partial charge >= 0.3 is 0 Å². The van der Waals surface area contributed by atoms with Crippen LogP contribution in [0.15, 0.2) is 41.9 Å². The zero-order chi connectivity index (χ0) is 51.9. The fraction of sp³-hybridized carbons (Fsp3) is 0.706. The molecular formula is C51H83N7O11S. The minimum Gasteiger partial charge on any atom is -0.379 e. The number of likely N-dealkylation sites (tertiary alicyclic amines) is 1. The van der Waals surface area contributed by atoms with Gasteiger partial charge in [-0.25, -0.2) is 10.9 Å². The highest BCUT2D eigenvalue weighted by Gasteiger charge is 2.43. The second-order valence-corrected chi connectivity index (χ2v) is 20.0. The van der Waals surface area contributed by atoms with E-state index in [0.717, 1.165) is 17.0 Å². The van der Waals surface area contributed by atoms with Crippen LogP contribution in [0.3, 0.4) is 0 Å². The van der Waals surface area contributed by atoms with Crippen LogP contribution in [-0.2, 0) is 59.0 Å². The molecule has 1 fully saturated rings. The molecule has 1 saturated heterocycles. The molecule has 2 heterocycles. The van der Waals surface area contributed by atoms with Crippen LogP contribution in [0, 0.1) is 23.7 Å². The molecule has 18 nitrogen and oxygen atoms in total. The van der Waals surface area contributed by atoms with Gasteiger partial charge in [-0.15, -0.1) is 11.3 Å². The van der Waals surface area contributed by atoms with Crippen molar-refractivity contribution < 1.29 is 52.6 Å². The van der Waals surface area contributed by atoms with Crippen LogP contribution in [0.25, 0.3) is 0 Å². The number of aromatic nitrogens is 1. The second-order valence-electron chi connectivity index (χ2n) is 19.1. The normalized spacial score (nSPS) is 17.3. The largest absolute Gasteiger partial charge is 0.379 e. The quantitative estimate of drug-likeness (QED) is 0.0668. The Hall–Kier alpha value is -4.37. The second kappa shape index (κ2) is 31.2. The highest BCUT2D eigenvalue weighted by molar-refractivity contribution is 7.09. The minimum atomic E-state index is -0.944. The number of methoxy groups -OCH3 is 2. The number of hydrogen-bond acceptors (Lipinski definition) is 14. The van der Waals surface area contributed by atoms with Gasteiger partial charge in [0.15, 0.2) is 0 Å². The molecule has 0 bridgehead atoms. The molecule has 0 aliphatic carbocycles. The van der Waals surface area contributed by atoms with E-state index in [2.05, 4.69) is 32.6 Å². The topological polar surface area (TPSA) is 221 Å². The molecule has 0 saturated carbocycles. The molecule has 394 valence electrons. The van der Waals surface area contributed by atoms with Crippen LogP contribution in [0.1, 0.15) is 103 Å². The van der Waals surface area contributed by atoms with Crippen molar-refractivity contribution in [1.29, 1.82) is 0 Å².